The third-order valence-corrected chi connectivity index (χ3v) is 4.79. The lowest BCUT2D eigenvalue weighted by atomic mass is 9.88. The molecule has 0 spiro atoms. The van der Waals surface area contributed by atoms with Crippen LogP contribution in [0.25, 0.3) is 0 Å². The maximum atomic E-state index is 3.58. The van der Waals surface area contributed by atoms with Crippen molar-refractivity contribution >= 4 is 0 Å². The Labute approximate surface area is 108 Å². The molecule has 0 radical (unpaired) electrons. The van der Waals surface area contributed by atoms with Gasteiger partial charge in [-0.3, -0.25) is 4.90 Å². The highest BCUT2D eigenvalue weighted by Gasteiger charge is 2.36. The summed E-state index contributed by atoms with van der Waals surface area (Å²) in [5.41, 5.74) is 0.486. The summed E-state index contributed by atoms with van der Waals surface area (Å²) in [5.74, 6) is 0.880. The number of nitrogens with one attached hydrogen (secondary N) is 1. The van der Waals surface area contributed by atoms with E-state index in [-0.39, 0.29) is 0 Å². The molecule has 1 saturated heterocycles. The van der Waals surface area contributed by atoms with Crippen molar-refractivity contribution in [3.63, 3.8) is 0 Å². The number of rotatable bonds is 8. The van der Waals surface area contributed by atoms with Gasteiger partial charge >= 0.3 is 0 Å². The summed E-state index contributed by atoms with van der Waals surface area (Å²) in [4.78, 5) is 2.77. The summed E-state index contributed by atoms with van der Waals surface area (Å²) in [6.07, 6.45) is 6.54. The topological polar surface area (TPSA) is 15.3 Å². The van der Waals surface area contributed by atoms with Crippen LogP contribution < -0.4 is 5.32 Å². The predicted molar refractivity (Wildman–Crippen MR) is 76.4 cm³/mol. The van der Waals surface area contributed by atoms with Gasteiger partial charge in [-0.25, -0.2) is 0 Å². The second kappa shape index (κ2) is 7.38. The Balaban J connectivity index is 2.42. The van der Waals surface area contributed by atoms with Gasteiger partial charge in [-0.2, -0.15) is 0 Å². The summed E-state index contributed by atoms with van der Waals surface area (Å²) in [6, 6.07) is 0. The molecule has 2 nitrogen and oxygen atoms in total. The molecule has 0 aromatic carbocycles. The van der Waals surface area contributed by atoms with Gasteiger partial charge in [0.05, 0.1) is 0 Å². The van der Waals surface area contributed by atoms with Gasteiger partial charge < -0.3 is 5.32 Å². The minimum absolute atomic E-state index is 0.486. The molecule has 0 bridgehead atoms. The summed E-state index contributed by atoms with van der Waals surface area (Å²) in [6.45, 7) is 14.3. The first kappa shape index (κ1) is 15.0. The van der Waals surface area contributed by atoms with Crippen LogP contribution >= 0.6 is 0 Å². The molecule has 1 aliphatic heterocycles. The SMILES string of the molecule is CCCNCC1CCN(C(CC)(CC)CC)C1. The van der Waals surface area contributed by atoms with Crippen LogP contribution in [0.15, 0.2) is 0 Å². The van der Waals surface area contributed by atoms with Gasteiger partial charge in [-0.05, 0) is 57.7 Å². The van der Waals surface area contributed by atoms with E-state index in [9.17, 15) is 0 Å². The summed E-state index contributed by atoms with van der Waals surface area (Å²) in [7, 11) is 0. The molecule has 1 fully saturated rings. The van der Waals surface area contributed by atoms with Crippen molar-refractivity contribution in [1.29, 1.82) is 0 Å². The molecule has 1 atom stereocenters. The smallest absolute Gasteiger partial charge is 0.0201 e. The maximum absolute atomic E-state index is 3.58. The number of nitrogens with zero attached hydrogens (tertiary/aromatic N) is 1. The maximum Gasteiger partial charge on any atom is 0.0201 e. The third-order valence-electron chi connectivity index (χ3n) is 4.79. The van der Waals surface area contributed by atoms with Crippen LogP contribution in [0.3, 0.4) is 0 Å². The molecule has 0 aliphatic carbocycles. The van der Waals surface area contributed by atoms with E-state index in [0.717, 1.165) is 5.92 Å². The van der Waals surface area contributed by atoms with E-state index in [2.05, 4.69) is 37.9 Å². The Hall–Kier alpha value is -0.0800. The Morgan fingerprint density at radius 2 is 1.76 bits per heavy atom. The van der Waals surface area contributed by atoms with Crippen molar-refractivity contribution in [3.8, 4) is 0 Å². The minimum Gasteiger partial charge on any atom is -0.316 e. The van der Waals surface area contributed by atoms with Gasteiger partial charge in [-0.1, -0.05) is 27.7 Å². The molecule has 2 heteroatoms. The summed E-state index contributed by atoms with van der Waals surface area (Å²) >= 11 is 0. The second-order valence-corrected chi connectivity index (χ2v) is 5.59. The molecule has 1 rings (SSSR count). The quantitative estimate of drug-likeness (QED) is 0.655. The fourth-order valence-corrected chi connectivity index (χ4v) is 3.33. The highest BCUT2D eigenvalue weighted by atomic mass is 15.2. The lowest BCUT2D eigenvalue weighted by molar-refractivity contribution is 0.0963. The molecule has 1 aliphatic rings. The summed E-state index contributed by atoms with van der Waals surface area (Å²) < 4.78 is 0. The molecule has 102 valence electrons. The first-order chi connectivity index (χ1) is 8.22. The largest absolute Gasteiger partial charge is 0.316 e. The normalized spacial score (nSPS) is 22.2. The number of hydrogen-bond acceptors (Lipinski definition) is 2. The summed E-state index contributed by atoms with van der Waals surface area (Å²) in [5, 5.41) is 3.58. The number of likely N-dealkylation sites (tertiary alicyclic amines) is 1. The van der Waals surface area contributed by atoms with Crippen LogP contribution in [0.1, 0.15) is 59.8 Å². The van der Waals surface area contributed by atoms with Crippen LogP contribution in [0.4, 0.5) is 0 Å². The highest BCUT2D eigenvalue weighted by molar-refractivity contribution is 4.92. The fraction of sp³-hybridized carbons (Fsp3) is 1.00. The van der Waals surface area contributed by atoms with E-state index < -0.39 is 0 Å². The molecule has 1 N–H and O–H groups in total. The van der Waals surface area contributed by atoms with E-state index in [0.29, 0.717) is 5.54 Å². The van der Waals surface area contributed by atoms with Gasteiger partial charge in [0.2, 0.25) is 0 Å². The second-order valence-electron chi connectivity index (χ2n) is 5.59. The molecule has 0 saturated carbocycles. The van der Waals surface area contributed by atoms with Crippen LogP contribution in [-0.2, 0) is 0 Å². The van der Waals surface area contributed by atoms with Crippen molar-refractivity contribution in [2.75, 3.05) is 26.2 Å². The van der Waals surface area contributed by atoms with Crippen LogP contribution in [0.2, 0.25) is 0 Å². The highest BCUT2D eigenvalue weighted by Crippen LogP contribution is 2.32. The Morgan fingerprint density at radius 1 is 1.12 bits per heavy atom. The Kier molecular flexibility index (Phi) is 6.50. The Morgan fingerprint density at radius 3 is 2.29 bits per heavy atom. The molecule has 0 amide bonds. The van der Waals surface area contributed by atoms with Gasteiger partial charge in [0.15, 0.2) is 0 Å². The minimum atomic E-state index is 0.486. The lowest BCUT2D eigenvalue weighted by Crippen LogP contribution is -2.46. The lowest BCUT2D eigenvalue weighted by Gasteiger charge is -2.40. The first-order valence-corrected chi connectivity index (χ1v) is 7.68. The standard InChI is InChI=1S/C15H32N2/c1-5-10-16-12-14-9-11-17(13-14)15(6-2,7-3)8-4/h14,16H,5-13H2,1-4H3. The van der Waals surface area contributed by atoms with Gasteiger partial charge in [0.1, 0.15) is 0 Å². The van der Waals surface area contributed by atoms with Crippen molar-refractivity contribution < 1.29 is 0 Å². The fourth-order valence-electron chi connectivity index (χ4n) is 3.33. The number of hydrogen-bond donors (Lipinski definition) is 1. The van der Waals surface area contributed by atoms with Gasteiger partial charge in [0, 0.05) is 12.1 Å². The zero-order chi connectivity index (χ0) is 12.7. The van der Waals surface area contributed by atoms with Crippen molar-refractivity contribution in [2.24, 2.45) is 5.92 Å². The zero-order valence-electron chi connectivity index (χ0n) is 12.4. The van der Waals surface area contributed by atoms with Crippen molar-refractivity contribution in [2.45, 2.75) is 65.3 Å². The molecule has 0 aromatic heterocycles. The van der Waals surface area contributed by atoms with Crippen LogP contribution in [0.5, 0.6) is 0 Å². The van der Waals surface area contributed by atoms with Crippen molar-refractivity contribution in [3.05, 3.63) is 0 Å². The first-order valence-electron chi connectivity index (χ1n) is 7.68. The third kappa shape index (κ3) is 3.69. The molecule has 1 unspecified atom stereocenters. The van der Waals surface area contributed by atoms with E-state index >= 15 is 0 Å². The average Bonchev–Trinajstić information content (AvgIpc) is 2.82. The van der Waals surface area contributed by atoms with Gasteiger partial charge in [0.25, 0.3) is 0 Å². The van der Waals surface area contributed by atoms with Crippen molar-refractivity contribution in [1.82, 2.24) is 10.2 Å². The monoisotopic (exact) mass is 240 g/mol. The molecular weight excluding hydrogens is 208 g/mol. The average molecular weight is 240 g/mol. The molecule has 17 heavy (non-hydrogen) atoms. The molecule has 0 aromatic rings. The van der Waals surface area contributed by atoms with E-state index in [1.165, 1.54) is 58.3 Å². The predicted octanol–water partition coefficient (Wildman–Crippen LogP) is 3.28. The molecular formula is C15H32N2. The van der Waals surface area contributed by atoms with E-state index in [1.807, 2.05) is 0 Å². The van der Waals surface area contributed by atoms with Gasteiger partial charge in [-0.15, -0.1) is 0 Å². The van der Waals surface area contributed by atoms with Crippen LogP contribution in [0, 0.1) is 5.92 Å². The van der Waals surface area contributed by atoms with E-state index in [1.54, 1.807) is 0 Å². The Bertz CT molecular complexity index is 191. The molecule has 1 heterocycles. The zero-order valence-corrected chi connectivity index (χ0v) is 12.4. The van der Waals surface area contributed by atoms with E-state index in [4.69, 9.17) is 0 Å². The van der Waals surface area contributed by atoms with Crippen LogP contribution in [-0.4, -0.2) is 36.6 Å².